The number of carbonyl (C=O) groups is 2. The first-order chi connectivity index (χ1) is 12.5. The lowest BCUT2D eigenvalue weighted by molar-refractivity contribution is -0.157. The minimum absolute atomic E-state index is 0.348. The predicted octanol–water partition coefficient (Wildman–Crippen LogP) is 3.65. The third kappa shape index (κ3) is 5.77. The van der Waals surface area contributed by atoms with E-state index in [9.17, 15) is 27.9 Å². The zero-order valence-electron chi connectivity index (χ0n) is 14.2. The van der Waals surface area contributed by atoms with Crippen LogP contribution in [0.3, 0.4) is 0 Å². The van der Waals surface area contributed by atoms with Crippen LogP contribution in [0.5, 0.6) is 0 Å². The number of rotatable bonds is 6. The van der Waals surface area contributed by atoms with E-state index in [0.29, 0.717) is 27.8 Å². The van der Waals surface area contributed by atoms with Gasteiger partial charge >= 0.3 is 6.18 Å². The molecule has 1 aromatic carbocycles. The summed E-state index contributed by atoms with van der Waals surface area (Å²) in [5.41, 5.74) is 0.533. The first kappa shape index (κ1) is 21.4. The number of amides is 2. The van der Waals surface area contributed by atoms with E-state index in [-0.39, 0.29) is 11.6 Å². The van der Waals surface area contributed by atoms with Crippen molar-refractivity contribution >= 4 is 35.0 Å². The summed E-state index contributed by atoms with van der Waals surface area (Å²) in [4.78, 5) is 24.3. The van der Waals surface area contributed by atoms with Gasteiger partial charge in [0.2, 0.25) is 0 Å². The molecule has 148 valence electrons. The molecule has 0 fully saturated rings. The van der Waals surface area contributed by atoms with Crippen LogP contribution in [0.1, 0.15) is 18.9 Å². The van der Waals surface area contributed by atoms with Gasteiger partial charge in [0.25, 0.3) is 11.8 Å². The summed E-state index contributed by atoms with van der Waals surface area (Å²) in [7, 11) is 0. The summed E-state index contributed by atoms with van der Waals surface area (Å²) in [6, 6.07) is 4.81. The number of halogens is 5. The van der Waals surface area contributed by atoms with Crippen LogP contribution in [0, 0.1) is 0 Å². The molecule has 1 aliphatic heterocycles. The third-order valence-electron chi connectivity index (χ3n) is 4.00. The van der Waals surface area contributed by atoms with E-state index in [1.165, 1.54) is 0 Å². The van der Waals surface area contributed by atoms with E-state index in [1.807, 2.05) is 0 Å². The average molecular weight is 425 g/mol. The van der Waals surface area contributed by atoms with Gasteiger partial charge in [-0.1, -0.05) is 29.3 Å². The van der Waals surface area contributed by atoms with Gasteiger partial charge in [0, 0.05) is 6.04 Å². The van der Waals surface area contributed by atoms with Gasteiger partial charge in [-0.15, -0.1) is 0 Å². The van der Waals surface area contributed by atoms with Crippen molar-refractivity contribution in [3.63, 3.8) is 0 Å². The predicted molar refractivity (Wildman–Crippen MR) is 94.7 cm³/mol. The number of hydrogen-bond acceptors (Lipinski definition) is 3. The molecule has 10 heteroatoms. The number of aliphatic hydroxyl groups is 1. The fourth-order valence-corrected chi connectivity index (χ4v) is 2.92. The number of alkyl halides is 3. The number of nitrogens with zero attached hydrogens (tertiary/aromatic N) is 1. The van der Waals surface area contributed by atoms with Crippen LogP contribution in [-0.2, 0) is 16.0 Å². The second-order valence-electron chi connectivity index (χ2n) is 6.27. The molecule has 1 heterocycles. The van der Waals surface area contributed by atoms with Crippen LogP contribution < -0.4 is 5.32 Å². The molecule has 0 radical (unpaired) electrons. The molecule has 2 N–H and O–H groups in total. The van der Waals surface area contributed by atoms with Crippen molar-refractivity contribution in [3.05, 3.63) is 45.1 Å². The van der Waals surface area contributed by atoms with E-state index in [2.05, 4.69) is 5.32 Å². The summed E-state index contributed by atoms with van der Waals surface area (Å²) in [5.74, 6) is -2.93. The highest BCUT2D eigenvalue weighted by Crippen LogP contribution is 2.25. The highest BCUT2D eigenvalue weighted by molar-refractivity contribution is 6.42. The Bertz CT molecular complexity index is 781. The summed E-state index contributed by atoms with van der Waals surface area (Å²) in [6.07, 6.45) is -3.53. The fraction of sp³-hybridized carbons (Fsp3) is 0.412. The highest BCUT2D eigenvalue weighted by atomic mass is 35.5. The SMILES string of the molecule is CC(CCc1ccc(Cl)c(Cl)c1)NC(=O)C1=C(O)C(=O)N(CC(F)(F)F)C1. The van der Waals surface area contributed by atoms with Crippen molar-refractivity contribution in [2.75, 3.05) is 13.1 Å². The van der Waals surface area contributed by atoms with Crippen molar-refractivity contribution < 1.29 is 27.9 Å². The van der Waals surface area contributed by atoms with Gasteiger partial charge in [-0.2, -0.15) is 13.2 Å². The molecule has 0 aliphatic carbocycles. The van der Waals surface area contributed by atoms with Crippen LogP contribution in [0.25, 0.3) is 0 Å². The fourth-order valence-electron chi connectivity index (χ4n) is 2.60. The van der Waals surface area contributed by atoms with E-state index >= 15 is 0 Å². The van der Waals surface area contributed by atoms with Gasteiger partial charge in [0.15, 0.2) is 5.76 Å². The van der Waals surface area contributed by atoms with Crippen LogP contribution in [0.4, 0.5) is 13.2 Å². The zero-order valence-corrected chi connectivity index (χ0v) is 15.8. The number of aryl methyl sites for hydroxylation is 1. The lowest BCUT2D eigenvalue weighted by Crippen LogP contribution is -2.38. The van der Waals surface area contributed by atoms with Crippen LogP contribution in [0.15, 0.2) is 29.5 Å². The number of carbonyl (C=O) groups excluding carboxylic acids is 2. The van der Waals surface area contributed by atoms with Gasteiger partial charge in [-0.05, 0) is 37.5 Å². The Balaban J connectivity index is 1.92. The molecule has 27 heavy (non-hydrogen) atoms. The summed E-state index contributed by atoms with van der Waals surface area (Å²) in [6.45, 7) is -0.410. The Morgan fingerprint density at radius 2 is 2.00 bits per heavy atom. The monoisotopic (exact) mass is 424 g/mol. The molecular weight excluding hydrogens is 408 g/mol. The Morgan fingerprint density at radius 3 is 2.59 bits per heavy atom. The van der Waals surface area contributed by atoms with Crippen molar-refractivity contribution in [1.82, 2.24) is 10.2 Å². The smallest absolute Gasteiger partial charge is 0.406 e. The maximum absolute atomic E-state index is 12.4. The van der Waals surface area contributed by atoms with Gasteiger partial charge in [-0.25, -0.2) is 0 Å². The summed E-state index contributed by atoms with van der Waals surface area (Å²) < 4.78 is 37.3. The Labute approximate surface area is 163 Å². The lowest BCUT2D eigenvalue weighted by atomic mass is 10.1. The quantitative estimate of drug-likeness (QED) is 0.731. The third-order valence-corrected chi connectivity index (χ3v) is 4.74. The molecule has 1 unspecified atom stereocenters. The van der Waals surface area contributed by atoms with E-state index < -0.39 is 36.8 Å². The standard InChI is InChI=1S/C17H17Cl2F3N2O3/c1-9(2-3-10-4-5-12(18)13(19)6-10)23-15(26)11-7-24(8-17(20,21)22)16(27)14(11)25/h4-6,9,25H,2-3,7-8H2,1H3,(H,23,26). The average Bonchev–Trinajstić information content (AvgIpc) is 2.83. The molecule has 0 aromatic heterocycles. The van der Waals surface area contributed by atoms with Gasteiger partial charge in [-0.3, -0.25) is 9.59 Å². The zero-order chi connectivity index (χ0) is 20.4. The molecule has 0 bridgehead atoms. The number of aliphatic hydroxyl groups excluding tert-OH is 1. The molecule has 1 aliphatic rings. The number of benzene rings is 1. The van der Waals surface area contributed by atoms with Crippen molar-refractivity contribution in [1.29, 1.82) is 0 Å². The Hall–Kier alpha value is -1.93. The Morgan fingerprint density at radius 1 is 1.33 bits per heavy atom. The number of nitrogens with one attached hydrogen (secondary N) is 1. The Kier molecular flexibility index (Phi) is 6.64. The van der Waals surface area contributed by atoms with Crippen LogP contribution in [0.2, 0.25) is 10.0 Å². The minimum atomic E-state index is -4.62. The van der Waals surface area contributed by atoms with Crippen molar-refractivity contribution in [2.24, 2.45) is 0 Å². The molecule has 0 spiro atoms. The van der Waals surface area contributed by atoms with Crippen LogP contribution in [-0.4, -0.2) is 47.1 Å². The molecule has 2 rings (SSSR count). The van der Waals surface area contributed by atoms with Gasteiger partial charge in [0.05, 0.1) is 22.2 Å². The summed E-state index contributed by atoms with van der Waals surface area (Å²) >= 11 is 11.8. The maximum atomic E-state index is 12.4. The largest absolute Gasteiger partial charge is 0.503 e. The van der Waals surface area contributed by atoms with Crippen LogP contribution >= 0.6 is 23.2 Å². The lowest BCUT2D eigenvalue weighted by Gasteiger charge is -2.18. The van der Waals surface area contributed by atoms with Crippen molar-refractivity contribution in [2.45, 2.75) is 32.0 Å². The second-order valence-corrected chi connectivity index (χ2v) is 7.08. The van der Waals surface area contributed by atoms with Gasteiger partial charge < -0.3 is 15.3 Å². The molecule has 0 saturated carbocycles. The van der Waals surface area contributed by atoms with Gasteiger partial charge in [0.1, 0.15) is 6.54 Å². The molecule has 1 aromatic rings. The number of hydrogen-bond donors (Lipinski definition) is 2. The van der Waals surface area contributed by atoms with E-state index in [1.54, 1.807) is 25.1 Å². The van der Waals surface area contributed by atoms with E-state index in [4.69, 9.17) is 23.2 Å². The molecule has 1 atom stereocenters. The molecule has 0 saturated heterocycles. The second kappa shape index (κ2) is 8.39. The topological polar surface area (TPSA) is 69.6 Å². The maximum Gasteiger partial charge on any atom is 0.406 e. The van der Waals surface area contributed by atoms with E-state index in [0.717, 1.165) is 5.56 Å². The first-order valence-electron chi connectivity index (χ1n) is 8.01. The first-order valence-corrected chi connectivity index (χ1v) is 8.76. The minimum Gasteiger partial charge on any atom is -0.503 e. The highest BCUT2D eigenvalue weighted by Gasteiger charge is 2.40. The normalized spacial score (nSPS) is 16.1. The summed E-state index contributed by atoms with van der Waals surface area (Å²) in [5, 5.41) is 13.1. The molecule has 5 nitrogen and oxygen atoms in total. The molecule has 2 amide bonds. The molecular formula is C17H17Cl2F3N2O3. The van der Waals surface area contributed by atoms with Crippen molar-refractivity contribution in [3.8, 4) is 0 Å².